The average Bonchev–Trinajstić information content (AvgIpc) is 2.40. The van der Waals surface area contributed by atoms with Gasteiger partial charge in [-0.15, -0.1) is 0 Å². The van der Waals surface area contributed by atoms with Crippen LogP contribution in [0.4, 0.5) is 14.5 Å². The summed E-state index contributed by atoms with van der Waals surface area (Å²) in [5, 5.41) is 10.9. The van der Waals surface area contributed by atoms with Gasteiger partial charge in [0.05, 0.1) is 27.9 Å². The van der Waals surface area contributed by atoms with Crippen molar-refractivity contribution in [1.29, 1.82) is 5.26 Å². The number of nitrogens with one attached hydrogen (secondary N) is 1. The van der Waals surface area contributed by atoms with Crippen LogP contribution < -0.4 is 5.32 Å². The second-order valence-corrected chi connectivity index (χ2v) is 4.29. The van der Waals surface area contributed by atoms with Crippen molar-refractivity contribution in [2.24, 2.45) is 0 Å². The second kappa shape index (κ2) is 5.68. The first-order chi connectivity index (χ1) is 9.51. The van der Waals surface area contributed by atoms with E-state index in [4.69, 9.17) is 16.9 Å². The molecule has 1 N–H and O–H groups in total. The highest BCUT2D eigenvalue weighted by molar-refractivity contribution is 6.34. The Kier molecular flexibility index (Phi) is 3.97. The van der Waals surface area contributed by atoms with Gasteiger partial charge in [-0.25, -0.2) is 8.78 Å². The molecule has 2 rings (SSSR count). The molecule has 2 aromatic carbocycles. The van der Waals surface area contributed by atoms with Crippen molar-refractivity contribution in [3.63, 3.8) is 0 Å². The normalized spacial score (nSPS) is 9.90. The summed E-state index contributed by atoms with van der Waals surface area (Å²) in [6.07, 6.45) is 0. The number of benzene rings is 2. The molecule has 0 unspecified atom stereocenters. The maximum atomic E-state index is 13.6. The van der Waals surface area contributed by atoms with E-state index < -0.39 is 17.5 Å². The average molecular weight is 293 g/mol. The summed E-state index contributed by atoms with van der Waals surface area (Å²) in [4.78, 5) is 11.9. The molecule has 0 radical (unpaired) electrons. The lowest BCUT2D eigenvalue weighted by Gasteiger charge is -2.08. The van der Waals surface area contributed by atoms with Crippen molar-refractivity contribution >= 4 is 23.2 Å². The SMILES string of the molecule is N#Cc1ccc(NC(=O)c2ccc(F)cc2Cl)c(F)c1. The summed E-state index contributed by atoms with van der Waals surface area (Å²) in [6, 6.07) is 8.69. The van der Waals surface area contributed by atoms with Gasteiger partial charge in [0.1, 0.15) is 11.6 Å². The van der Waals surface area contributed by atoms with Crippen molar-refractivity contribution in [1.82, 2.24) is 0 Å². The standard InChI is InChI=1S/C14H7ClF2N2O/c15-11-6-9(16)2-3-10(11)14(20)19-13-4-1-8(7-18)5-12(13)17/h1-6H,(H,19,20). The van der Waals surface area contributed by atoms with Gasteiger partial charge in [-0.2, -0.15) is 5.26 Å². The lowest BCUT2D eigenvalue weighted by molar-refractivity contribution is 0.102. The zero-order valence-electron chi connectivity index (χ0n) is 9.95. The van der Waals surface area contributed by atoms with Crippen LogP contribution in [-0.2, 0) is 0 Å². The van der Waals surface area contributed by atoms with E-state index >= 15 is 0 Å². The fourth-order valence-electron chi connectivity index (χ4n) is 1.55. The van der Waals surface area contributed by atoms with Crippen molar-refractivity contribution in [3.05, 3.63) is 64.2 Å². The molecule has 0 bridgehead atoms. The molecule has 2 aromatic rings. The topological polar surface area (TPSA) is 52.9 Å². The Morgan fingerprint density at radius 2 is 1.95 bits per heavy atom. The van der Waals surface area contributed by atoms with E-state index in [0.29, 0.717) is 0 Å². The van der Waals surface area contributed by atoms with Crippen LogP contribution >= 0.6 is 11.6 Å². The third-order valence-corrected chi connectivity index (χ3v) is 2.83. The van der Waals surface area contributed by atoms with Crippen LogP contribution in [0.3, 0.4) is 0 Å². The van der Waals surface area contributed by atoms with Crippen LogP contribution in [-0.4, -0.2) is 5.91 Å². The summed E-state index contributed by atoms with van der Waals surface area (Å²) in [5.74, 6) is -1.98. The highest BCUT2D eigenvalue weighted by Gasteiger charge is 2.13. The smallest absolute Gasteiger partial charge is 0.257 e. The third kappa shape index (κ3) is 2.92. The van der Waals surface area contributed by atoms with Gasteiger partial charge in [0.25, 0.3) is 5.91 Å². The van der Waals surface area contributed by atoms with E-state index in [2.05, 4.69) is 5.32 Å². The molecule has 0 saturated carbocycles. The van der Waals surface area contributed by atoms with Crippen LogP contribution in [0.2, 0.25) is 5.02 Å². The number of nitrogens with zero attached hydrogens (tertiary/aromatic N) is 1. The highest BCUT2D eigenvalue weighted by Crippen LogP contribution is 2.20. The van der Waals surface area contributed by atoms with Crippen LogP contribution in [0.5, 0.6) is 0 Å². The molecule has 20 heavy (non-hydrogen) atoms. The van der Waals surface area contributed by atoms with Gasteiger partial charge in [0.15, 0.2) is 0 Å². The molecule has 6 heteroatoms. The Morgan fingerprint density at radius 3 is 2.55 bits per heavy atom. The number of halogens is 3. The number of nitriles is 1. The van der Waals surface area contributed by atoms with Gasteiger partial charge < -0.3 is 5.32 Å². The van der Waals surface area contributed by atoms with Crippen molar-refractivity contribution < 1.29 is 13.6 Å². The van der Waals surface area contributed by atoms with Crippen LogP contribution in [0.25, 0.3) is 0 Å². The zero-order valence-corrected chi connectivity index (χ0v) is 10.7. The molecule has 0 saturated heterocycles. The Morgan fingerprint density at radius 1 is 1.20 bits per heavy atom. The molecule has 0 aliphatic rings. The number of anilines is 1. The van der Waals surface area contributed by atoms with Crippen LogP contribution in [0, 0.1) is 23.0 Å². The zero-order chi connectivity index (χ0) is 14.7. The lowest BCUT2D eigenvalue weighted by Crippen LogP contribution is -2.13. The highest BCUT2D eigenvalue weighted by atomic mass is 35.5. The Balaban J connectivity index is 2.26. The monoisotopic (exact) mass is 292 g/mol. The number of carbonyl (C=O) groups is 1. The van der Waals surface area contributed by atoms with E-state index in [9.17, 15) is 13.6 Å². The number of carbonyl (C=O) groups excluding carboxylic acids is 1. The maximum Gasteiger partial charge on any atom is 0.257 e. The van der Waals surface area contributed by atoms with E-state index in [1.165, 1.54) is 18.2 Å². The summed E-state index contributed by atoms with van der Waals surface area (Å²) in [6.45, 7) is 0. The molecule has 0 aromatic heterocycles. The van der Waals surface area contributed by atoms with Gasteiger partial charge >= 0.3 is 0 Å². The van der Waals surface area contributed by atoms with Crippen LogP contribution in [0.15, 0.2) is 36.4 Å². The molecule has 0 heterocycles. The summed E-state index contributed by atoms with van der Waals surface area (Å²) in [5.41, 5.74) is 0.0755. The minimum atomic E-state index is -0.740. The minimum Gasteiger partial charge on any atom is -0.319 e. The second-order valence-electron chi connectivity index (χ2n) is 3.88. The summed E-state index contributed by atoms with van der Waals surface area (Å²) >= 11 is 5.74. The molecule has 3 nitrogen and oxygen atoms in total. The van der Waals surface area contributed by atoms with Gasteiger partial charge in [0, 0.05) is 0 Å². The summed E-state index contributed by atoms with van der Waals surface area (Å²) < 4.78 is 26.5. The van der Waals surface area contributed by atoms with E-state index in [-0.39, 0.29) is 21.8 Å². The van der Waals surface area contributed by atoms with Crippen molar-refractivity contribution in [2.75, 3.05) is 5.32 Å². The van der Waals surface area contributed by atoms with E-state index in [0.717, 1.165) is 18.2 Å². The van der Waals surface area contributed by atoms with Crippen molar-refractivity contribution in [3.8, 4) is 6.07 Å². The number of rotatable bonds is 2. The van der Waals surface area contributed by atoms with Gasteiger partial charge in [-0.1, -0.05) is 11.6 Å². The number of amides is 1. The van der Waals surface area contributed by atoms with Crippen LogP contribution in [0.1, 0.15) is 15.9 Å². The number of hydrogen-bond donors (Lipinski definition) is 1. The fraction of sp³-hybridized carbons (Fsp3) is 0. The Hall–Kier alpha value is -2.45. The molecule has 0 atom stereocenters. The quantitative estimate of drug-likeness (QED) is 0.916. The summed E-state index contributed by atoms with van der Waals surface area (Å²) in [7, 11) is 0. The molecule has 1 amide bonds. The first kappa shape index (κ1) is 14.0. The van der Waals surface area contributed by atoms with E-state index in [1.54, 1.807) is 6.07 Å². The predicted octanol–water partition coefficient (Wildman–Crippen LogP) is 3.74. The molecular formula is C14H7ClF2N2O. The first-order valence-electron chi connectivity index (χ1n) is 5.47. The predicted molar refractivity (Wildman–Crippen MR) is 70.5 cm³/mol. The number of hydrogen-bond acceptors (Lipinski definition) is 2. The van der Waals surface area contributed by atoms with Crippen molar-refractivity contribution in [2.45, 2.75) is 0 Å². The molecular weight excluding hydrogens is 286 g/mol. The molecule has 100 valence electrons. The maximum absolute atomic E-state index is 13.6. The van der Waals surface area contributed by atoms with Gasteiger partial charge in [-0.3, -0.25) is 4.79 Å². The molecule has 0 aliphatic heterocycles. The molecule has 0 spiro atoms. The first-order valence-corrected chi connectivity index (χ1v) is 5.85. The lowest BCUT2D eigenvalue weighted by atomic mass is 10.1. The van der Waals surface area contributed by atoms with E-state index in [1.807, 2.05) is 0 Å². The largest absolute Gasteiger partial charge is 0.319 e. The molecule has 0 aliphatic carbocycles. The Labute approximate surface area is 118 Å². The third-order valence-electron chi connectivity index (χ3n) is 2.52. The Bertz CT molecular complexity index is 726. The fourth-order valence-corrected chi connectivity index (χ4v) is 1.80. The molecule has 0 fully saturated rings. The van der Waals surface area contributed by atoms with Gasteiger partial charge in [-0.05, 0) is 36.4 Å². The minimum absolute atomic E-state index is 0.0248. The van der Waals surface area contributed by atoms with Gasteiger partial charge in [0.2, 0.25) is 0 Å².